The maximum absolute atomic E-state index is 5.39. The molecule has 5 atom stereocenters. The molecule has 3 aliphatic rings. The zero-order chi connectivity index (χ0) is 13.7. The van der Waals surface area contributed by atoms with Crippen LogP contribution in [-0.2, 0) is 0 Å². The molecule has 20 heavy (non-hydrogen) atoms. The van der Waals surface area contributed by atoms with Crippen molar-refractivity contribution in [1.82, 2.24) is 0 Å². The fourth-order valence-corrected chi connectivity index (χ4v) is 5.61. The Morgan fingerprint density at radius 3 is 2.85 bits per heavy atom. The van der Waals surface area contributed by atoms with Crippen molar-refractivity contribution in [2.45, 2.75) is 38.1 Å². The van der Waals surface area contributed by atoms with Crippen LogP contribution in [0.15, 0.2) is 22.7 Å². The molecule has 1 aromatic rings. The first-order valence-corrected chi connectivity index (χ1v) is 8.65. The smallest absolute Gasteiger partial charge is 0.135 e. The van der Waals surface area contributed by atoms with Crippen LogP contribution in [0.5, 0.6) is 5.75 Å². The molecule has 0 amide bonds. The summed E-state index contributed by atoms with van der Waals surface area (Å²) in [4.78, 5) is 0. The highest BCUT2D eigenvalue weighted by molar-refractivity contribution is 9.10. The molecule has 0 heterocycles. The van der Waals surface area contributed by atoms with Crippen LogP contribution >= 0.6 is 15.9 Å². The zero-order valence-corrected chi connectivity index (χ0v) is 13.5. The quantitative estimate of drug-likeness (QED) is 0.864. The van der Waals surface area contributed by atoms with Crippen molar-refractivity contribution in [3.63, 3.8) is 0 Å². The van der Waals surface area contributed by atoms with Gasteiger partial charge in [-0.1, -0.05) is 6.42 Å². The van der Waals surface area contributed by atoms with Gasteiger partial charge in [0.2, 0.25) is 0 Å². The lowest BCUT2D eigenvalue weighted by Gasteiger charge is -2.32. The molecule has 2 nitrogen and oxygen atoms in total. The first-order chi connectivity index (χ1) is 9.76. The van der Waals surface area contributed by atoms with Gasteiger partial charge in [-0.15, -0.1) is 0 Å². The largest absolute Gasteiger partial charge is 0.495 e. The summed E-state index contributed by atoms with van der Waals surface area (Å²) >= 11 is 3.52. The first kappa shape index (κ1) is 13.0. The number of fused-ring (bicyclic) bond motifs is 5. The number of benzene rings is 1. The molecule has 3 heteroatoms. The minimum absolute atomic E-state index is 0.685. The van der Waals surface area contributed by atoms with Gasteiger partial charge in [0.25, 0.3) is 0 Å². The van der Waals surface area contributed by atoms with E-state index in [4.69, 9.17) is 4.74 Å². The van der Waals surface area contributed by atoms with Crippen molar-refractivity contribution < 1.29 is 4.74 Å². The molecule has 3 saturated carbocycles. The molecule has 0 aromatic heterocycles. The van der Waals surface area contributed by atoms with Gasteiger partial charge >= 0.3 is 0 Å². The molecule has 2 bridgehead atoms. The summed E-state index contributed by atoms with van der Waals surface area (Å²) in [5.41, 5.74) is 1.21. The molecule has 5 unspecified atom stereocenters. The van der Waals surface area contributed by atoms with Gasteiger partial charge in [0.05, 0.1) is 11.6 Å². The van der Waals surface area contributed by atoms with Crippen molar-refractivity contribution in [2.75, 3.05) is 12.4 Å². The molecule has 4 rings (SSSR count). The van der Waals surface area contributed by atoms with Crippen molar-refractivity contribution in [3.05, 3.63) is 22.7 Å². The van der Waals surface area contributed by atoms with Gasteiger partial charge in [0, 0.05) is 17.8 Å². The second-order valence-corrected chi connectivity index (χ2v) is 7.61. The maximum Gasteiger partial charge on any atom is 0.135 e. The van der Waals surface area contributed by atoms with E-state index in [9.17, 15) is 0 Å². The van der Waals surface area contributed by atoms with Crippen LogP contribution in [0.25, 0.3) is 0 Å². The minimum atomic E-state index is 0.685. The van der Waals surface area contributed by atoms with E-state index in [-0.39, 0.29) is 0 Å². The second-order valence-electron chi connectivity index (χ2n) is 6.75. The molecule has 0 aliphatic heterocycles. The van der Waals surface area contributed by atoms with Crippen molar-refractivity contribution in [1.29, 1.82) is 0 Å². The first-order valence-electron chi connectivity index (χ1n) is 7.86. The lowest BCUT2D eigenvalue weighted by molar-refractivity contribution is 0.243. The predicted molar refractivity (Wildman–Crippen MR) is 85.1 cm³/mol. The number of methoxy groups -OCH3 is 1. The van der Waals surface area contributed by atoms with E-state index in [1.165, 1.54) is 37.8 Å². The van der Waals surface area contributed by atoms with Crippen LogP contribution in [0.1, 0.15) is 32.1 Å². The number of anilines is 1. The predicted octanol–water partition coefficient (Wildman–Crippen LogP) is 4.69. The number of rotatable bonds is 3. The SMILES string of the molecule is COc1cc(NC2CC3CC2C2CCCC32)ccc1Br. The highest BCUT2D eigenvalue weighted by Crippen LogP contribution is 2.59. The minimum Gasteiger partial charge on any atom is -0.495 e. The number of hydrogen-bond donors (Lipinski definition) is 1. The lowest BCUT2D eigenvalue weighted by Crippen LogP contribution is -2.33. The molecule has 0 saturated heterocycles. The molecule has 0 radical (unpaired) electrons. The Labute approximate surface area is 129 Å². The zero-order valence-electron chi connectivity index (χ0n) is 11.9. The number of ether oxygens (including phenoxy) is 1. The fraction of sp³-hybridized carbons (Fsp3) is 0.647. The van der Waals surface area contributed by atoms with Gasteiger partial charge in [-0.05, 0) is 77.4 Å². The summed E-state index contributed by atoms with van der Waals surface area (Å²) in [6.07, 6.45) is 7.31. The normalized spacial score (nSPS) is 38.0. The van der Waals surface area contributed by atoms with Gasteiger partial charge in [-0.3, -0.25) is 0 Å². The summed E-state index contributed by atoms with van der Waals surface area (Å²) in [6.45, 7) is 0. The summed E-state index contributed by atoms with van der Waals surface area (Å²) in [7, 11) is 1.73. The molecule has 0 spiro atoms. The summed E-state index contributed by atoms with van der Waals surface area (Å²) in [5.74, 6) is 4.92. The third-order valence-electron chi connectivity index (χ3n) is 5.93. The number of nitrogens with one attached hydrogen (secondary N) is 1. The van der Waals surface area contributed by atoms with E-state index in [0.29, 0.717) is 6.04 Å². The van der Waals surface area contributed by atoms with E-state index in [1.54, 1.807) is 7.11 Å². The molecule has 3 fully saturated rings. The third kappa shape index (κ3) is 1.97. The van der Waals surface area contributed by atoms with E-state index in [0.717, 1.165) is 33.9 Å². The van der Waals surface area contributed by atoms with Crippen molar-refractivity contribution in [3.8, 4) is 5.75 Å². The highest BCUT2D eigenvalue weighted by Gasteiger charge is 2.53. The Morgan fingerprint density at radius 2 is 2.00 bits per heavy atom. The van der Waals surface area contributed by atoms with Crippen LogP contribution in [0.3, 0.4) is 0 Å². The van der Waals surface area contributed by atoms with Crippen molar-refractivity contribution >= 4 is 21.6 Å². The van der Waals surface area contributed by atoms with Crippen molar-refractivity contribution in [2.24, 2.45) is 23.7 Å². The Bertz CT molecular complexity index is 518. The number of hydrogen-bond acceptors (Lipinski definition) is 2. The van der Waals surface area contributed by atoms with E-state index >= 15 is 0 Å². The monoisotopic (exact) mass is 335 g/mol. The van der Waals surface area contributed by atoms with Crippen LogP contribution < -0.4 is 10.1 Å². The third-order valence-corrected chi connectivity index (χ3v) is 6.59. The van der Waals surface area contributed by atoms with Crippen LogP contribution in [0.2, 0.25) is 0 Å². The lowest BCUT2D eigenvalue weighted by atomic mass is 9.79. The molecule has 1 aromatic carbocycles. The summed E-state index contributed by atoms with van der Waals surface area (Å²) in [5, 5.41) is 3.79. The molecule has 3 aliphatic carbocycles. The highest BCUT2D eigenvalue weighted by atomic mass is 79.9. The Morgan fingerprint density at radius 1 is 1.15 bits per heavy atom. The maximum atomic E-state index is 5.39. The standard InChI is InChI=1S/C17H22BrNO/c1-20-17-9-11(5-6-15(17)18)19-16-8-10-7-14(16)13-4-2-3-12(10)13/h5-6,9-10,12-14,16,19H,2-4,7-8H2,1H3. The average Bonchev–Trinajstić information content (AvgIpc) is 3.12. The number of halogens is 1. The Kier molecular flexibility index (Phi) is 3.21. The Balaban J connectivity index is 1.50. The van der Waals surface area contributed by atoms with E-state index in [1.807, 2.05) is 0 Å². The fourth-order valence-electron chi connectivity index (χ4n) is 5.20. The van der Waals surface area contributed by atoms with Gasteiger partial charge in [0.1, 0.15) is 5.75 Å². The molecule has 1 N–H and O–H groups in total. The van der Waals surface area contributed by atoms with Crippen LogP contribution in [0, 0.1) is 23.7 Å². The molecular weight excluding hydrogens is 314 g/mol. The van der Waals surface area contributed by atoms with Crippen LogP contribution in [-0.4, -0.2) is 13.2 Å². The van der Waals surface area contributed by atoms with E-state index in [2.05, 4.69) is 39.4 Å². The summed E-state index contributed by atoms with van der Waals surface area (Å²) in [6, 6.07) is 7.03. The van der Waals surface area contributed by atoms with E-state index < -0.39 is 0 Å². The summed E-state index contributed by atoms with van der Waals surface area (Å²) < 4.78 is 6.42. The van der Waals surface area contributed by atoms with Gasteiger partial charge in [0.15, 0.2) is 0 Å². The van der Waals surface area contributed by atoms with Gasteiger partial charge in [-0.25, -0.2) is 0 Å². The van der Waals surface area contributed by atoms with Crippen LogP contribution in [0.4, 0.5) is 5.69 Å². The molecular formula is C17H22BrNO. The van der Waals surface area contributed by atoms with Gasteiger partial charge in [-0.2, -0.15) is 0 Å². The van der Waals surface area contributed by atoms with Gasteiger partial charge < -0.3 is 10.1 Å². The average molecular weight is 336 g/mol. The topological polar surface area (TPSA) is 21.3 Å². The molecule has 108 valence electrons. The second kappa shape index (κ2) is 4.94. The Hall–Kier alpha value is -0.700.